The summed E-state index contributed by atoms with van der Waals surface area (Å²) in [5.74, 6) is 2.32. The fourth-order valence-corrected chi connectivity index (χ4v) is 3.92. The fourth-order valence-electron chi connectivity index (χ4n) is 3.92. The third-order valence-corrected chi connectivity index (χ3v) is 5.49. The third kappa shape index (κ3) is 3.62. The highest BCUT2D eigenvalue weighted by Crippen LogP contribution is 2.28. The van der Waals surface area contributed by atoms with Crippen molar-refractivity contribution in [1.29, 1.82) is 0 Å². The van der Waals surface area contributed by atoms with E-state index in [4.69, 9.17) is 9.47 Å². The molecule has 1 amide bonds. The van der Waals surface area contributed by atoms with E-state index in [2.05, 4.69) is 14.5 Å². The number of hydrogen-bond donors (Lipinski definition) is 1. The highest BCUT2D eigenvalue weighted by molar-refractivity contribution is 5.98. The van der Waals surface area contributed by atoms with E-state index >= 15 is 0 Å². The number of benzene rings is 1. The molecule has 1 saturated heterocycles. The summed E-state index contributed by atoms with van der Waals surface area (Å²) in [6.07, 6.45) is 5.69. The van der Waals surface area contributed by atoms with Gasteiger partial charge in [0.2, 0.25) is 0 Å². The number of piperidine rings is 1. The molecular weight excluding hydrogens is 356 g/mol. The molecule has 7 nitrogen and oxygen atoms in total. The maximum absolute atomic E-state index is 13.0. The van der Waals surface area contributed by atoms with Crippen LogP contribution in [0.5, 0.6) is 5.75 Å². The Labute approximate surface area is 164 Å². The number of amides is 1. The van der Waals surface area contributed by atoms with Crippen molar-refractivity contribution in [2.24, 2.45) is 0 Å². The zero-order valence-electron chi connectivity index (χ0n) is 16.4. The Balaban J connectivity index is 1.42. The third-order valence-electron chi connectivity index (χ3n) is 5.49. The number of rotatable bonds is 6. The number of H-pyrrole nitrogens is 1. The number of carbonyl (C=O) groups excluding carboxylic acids is 1. The van der Waals surface area contributed by atoms with Crippen LogP contribution in [0.1, 0.15) is 35.1 Å². The first-order valence-corrected chi connectivity index (χ1v) is 9.65. The first kappa shape index (κ1) is 18.6. The molecule has 3 aromatic rings. The Kier molecular flexibility index (Phi) is 5.34. The lowest BCUT2D eigenvalue weighted by Crippen LogP contribution is -2.38. The lowest BCUT2D eigenvalue weighted by atomic mass is 9.95. The Bertz CT molecular complexity index is 954. The van der Waals surface area contributed by atoms with Gasteiger partial charge in [-0.25, -0.2) is 4.98 Å². The molecule has 0 atom stereocenters. The molecule has 1 N–H and O–H groups in total. The van der Waals surface area contributed by atoms with E-state index in [0.717, 1.165) is 55.0 Å². The van der Waals surface area contributed by atoms with Gasteiger partial charge >= 0.3 is 0 Å². The van der Waals surface area contributed by atoms with Gasteiger partial charge in [0.25, 0.3) is 5.91 Å². The maximum Gasteiger partial charge on any atom is 0.270 e. The number of methoxy groups -OCH3 is 2. The van der Waals surface area contributed by atoms with Gasteiger partial charge in [-0.3, -0.25) is 4.79 Å². The van der Waals surface area contributed by atoms with Crippen molar-refractivity contribution in [3.05, 3.63) is 48.2 Å². The Morgan fingerprint density at radius 3 is 2.82 bits per heavy atom. The summed E-state index contributed by atoms with van der Waals surface area (Å²) in [5.41, 5.74) is 1.57. The molecule has 4 rings (SSSR count). The molecule has 0 aliphatic carbocycles. The molecule has 3 heterocycles. The van der Waals surface area contributed by atoms with Crippen molar-refractivity contribution in [1.82, 2.24) is 19.4 Å². The quantitative estimate of drug-likeness (QED) is 0.711. The Hall–Kier alpha value is -2.80. The number of aromatic amines is 1. The van der Waals surface area contributed by atoms with Gasteiger partial charge in [-0.05, 0) is 37.1 Å². The molecule has 148 valence electrons. The minimum atomic E-state index is 0.0522. The van der Waals surface area contributed by atoms with Crippen LogP contribution >= 0.6 is 0 Å². The minimum absolute atomic E-state index is 0.0522. The van der Waals surface area contributed by atoms with Crippen LogP contribution in [-0.4, -0.2) is 59.3 Å². The van der Waals surface area contributed by atoms with Crippen LogP contribution < -0.4 is 4.74 Å². The first-order chi connectivity index (χ1) is 13.7. The Morgan fingerprint density at radius 1 is 1.25 bits per heavy atom. The van der Waals surface area contributed by atoms with Crippen molar-refractivity contribution in [2.45, 2.75) is 25.3 Å². The number of imidazole rings is 1. The zero-order valence-corrected chi connectivity index (χ0v) is 16.4. The van der Waals surface area contributed by atoms with E-state index in [-0.39, 0.29) is 5.91 Å². The molecule has 0 saturated carbocycles. The monoisotopic (exact) mass is 382 g/mol. The summed E-state index contributed by atoms with van der Waals surface area (Å²) in [7, 11) is 3.35. The van der Waals surface area contributed by atoms with Gasteiger partial charge in [-0.1, -0.05) is 0 Å². The molecule has 7 heteroatoms. The molecule has 28 heavy (non-hydrogen) atoms. The summed E-state index contributed by atoms with van der Waals surface area (Å²) < 4.78 is 12.6. The van der Waals surface area contributed by atoms with Crippen LogP contribution in [0.2, 0.25) is 0 Å². The van der Waals surface area contributed by atoms with Gasteiger partial charge in [-0.2, -0.15) is 0 Å². The van der Waals surface area contributed by atoms with Crippen LogP contribution in [0, 0.1) is 0 Å². The lowest BCUT2D eigenvalue weighted by molar-refractivity contribution is 0.0705. The lowest BCUT2D eigenvalue weighted by Gasteiger charge is -2.31. The van der Waals surface area contributed by atoms with Gasteiger partial charge in [0.15, 0.2) is 0 Å². The summed E-state index contributed by atoms with van der Waals surface area (Å²) in [6, 6.07) is 7.68. The average molecular weight is 382 g/mol. The summed E-state index contributed by atoms with van der Waals surface area (Å²) in [5, 5.41) is 0.984. The molecule has 1 aliphatic rings. The molecule has 2 aromatic heterocycles. The van der Waals surface area contributed by atoms with Crippen molar-refractivity contribution >= 4 is 16.8 Å². The molecular formula is C21H26N4O3. The van der Waals surface area contributed by atoms with Crippen LogP contribution in [-0.2, 0) is 11.3 Å². The number of ether oxygens (including phenoxy) is 2. The molecule has 0 bridgehead atoms. The second kappa shape index (κ2) is 8.06. The number of aromatic nitrogens is 3. The highest BCUT2D eigenvalue weighted by atomic mass is 16.5. The second-order valence-corrected chi connectivity index (χ2v) is 7.17. The standard InChI is InChI=1S/C21H26N4O3/c1-27-12-11-24-10-7-22-20(24)15-5-8-25(9-6-15)21(26)19-14-16-13-17(28-2)3-4-18(16)23-19/h3-4,7,10,13-15,23H,5-6,8-9,11-12H2,1-2H3. The van der Waals surface area contributed by atoms with Crippen molar-refractivity contribution < 1.29 is 14.3 Å². The molecule has 0 unspecified atom stereocenters. The maximum atomic E-state index is 13.0. The van der Waals surface area contributed by atoms with Crippen LogP contribution in [0.4, 0.5) is 0 Å². The van der Waals surface area contributed by atoms with Gasteiger partial charge in [0.1, 0.15) is 17.3 Å². The largest absolute Gasteiger partial charge is 0.497 e. The minimum Gasteiger partial charge on any atom is -0.497 e. The molecule has 0 spiro atoms. The topological polar surface area (TPSA) is 72.4 Å². The van der Waals surface area contributed by atoms with E-state index in [1.54, 1.807) is 14.2 Å². The number of carbonyl (C=O) groups is 1. The zero-order chi connectivity index (χ0) is 19.5. The van der Waals surface area contributed by atoms with E-state index in [1.165, 1.54) is 0 Å². The second-order valence-electron chi connectivity index (χ2n) is 7.17. The highest BCUT2D eigenvalue weighted by Gasteiger charge is 2.27. The first-order valence-electron chi connectivity index (χ1n) is 9.65. The summed E-state index contributed by atoms with van der Waals surface area (Å²) >= 11 is 0. The van der Waals surface area contributed by atoms with E-state index in [9.17, 15) is 4.79 Å². The number of likely N-dealkylation sites (tertiary alicyclic amines) is 1. The Morgan fingerprint density at radius 2 is 2.07 bits per heavy atom. The van der Waals surface area contributed by atoms with E-state index in [1.807, 2.05) is 41.6 Å². The van der Waals surface area contributed by atoms with Crippen molar-refractivity contribution in [2.75, 3.05) is 33.9 Å². The summed E-state index contributed by atoms with van der Waals surface area (Å²) in [6.45, 7) is 2.95. The fraction of sp³-hybridized carbons (Fsp3) is 0.429. The average Bonchev–Trinajstić information content (AvgIpc) is 3.38. The van der Waals surface area contributed by atoms with Crippen LogP contribution in [0.15, 0.2) is 36.7 Å². The van der Waals surface area contributed by atoms with Gasteiger partial charge in [0, 0.05) is 56.0 Å². The van der Waals surface area contributed by atoms with E-state index in [0.29, 0.717) is 18.2 Å². The van der Waals surface area contributed by atoms with Crippen molar-refractivity contribution in [3.63, 3.8) is 0 Å². The molecule has 1 aliphatic heterocycles. The van der Waals surface area contributed by atoms with Gasteiger partial charge in [0.05, 0.1) is 13.7 Å². The summed E-state index contributed by atoms with van der Waals surface area (Å²) in [4.78, 5) is 22.7. The molecule has 0 radical (unpaired) electrons. The number of hydrogen-bond acceptors (Lipinski definition) is 4. The number of nitrogens with zero attached hydrogens (tertiary/aromatic N) is 3. The SMILES string of the molecule is COCCn1ccnc1C1CCN(C(=O)c2cc3cc(OC)ccc3[nH]2)CC1. The number of fused-ring (bicyclic) bond motifs is 1. The molecule has 1 aromatic carbocycles. The van der Waals surface area contributed by atoms with Gasteiger partial charge in [-0.15, -0.1) is 0 Å². The predicted octanol–water partition coefficient (Wildman–Crippen LogP) is 3.04. The smallest absolute Gasteiger partial charge is 0.270 e. The van der Waals surface area contributed by atoms with Crippen LogP contribution in [0.3, 0.4) is 0 Å². The van der Waals surface area contributed by atoms with Gasteiger partial charge < -0.3 is 23.9 Å². The molecule has 1 fully saturated rings. The normalized spacial score (nSPS) is 15.3. The predicted molar refractivity (Wildman–Crippen MR) is 107 cm³/mol. The van der Waals surface area contributed by atoms with E-state index < -0.39 is 0 Å². The van der Waals surface area contributed by atoms with Crippen molar-refractivity contribution in [3.8, 4) is 5.75 Å². The van der Waals surface area contributed by atoms with Crippen LogP contribution in [0.25, 0.3) is 10.9 Å². The number of nitrogens with one attached hydrogen (secondary N) is 1.